The summed E-state index contributed by atoms with van der Waals surface area (Å²) in [7, 11) is 0. The van der Waals surface area contributed by atoms with Crippen LogP contribution in [0.2, 0.25) is 0 Å². The molecule has 0 aliphatic carbocycles. The van der Waals surface area contributed by atoms with E-state index in [2.05, 4.69) is 0 Å². The van der Waals surface area contributed by atoms with E-state index < -0.39 is 17.7 Å². The van der Waals surface area contributed by atoms with Crippen LogP contribution in [-0.4, -0.2) is 5.11 Å². The van der Waals surface area contributed by atoms with Crippen molar-refractivity contribution in [3.05, 3.63) is 64.7 Å². The molecule has 1 N–H and O–H groups in total. The van der Waals surface area contributed by atoms with Gasteiger partial charge in [0, 0.05) is 17.2 Å². The van der Waals surface area contributed by atoms with E-state index in [-0.39, 0.29) is 17.9 Å². The molecule has 0 amide bonds. The molecule has 0 radical (unpaired) electrons. The molecule has 5 heteroatoms. The maximum Gasteiger partial charge on any atom is 0.129 e. The highest BCUT2D eigenvalue weighted by Crippen LogP contribution is 2.27. The summed E-state index contributed by atoms with van der Waals surface area (Å²) in [5.74, 6) is -0.878. The third-order valence-electron chi connectivity index (χ3n) is 2.98. The number of hydrogen-bond donors (Lipinski definition) is 1. The summed E-state index contributed by atoms with van der Waals surface area (Å²) in [5, 5.41) is 18.4. The van der Waals surface area contributed by atoms with Crippen molar-refractivity contribution in [1.82, 2.24) is 0 Å². The standard InChI is InChI=1S/C16H13F2NO2/c1-10(20)14-4-3-13(17)7-16(14)21-9-12-6-11(8-19)2-5-15(12)18/h2-7,10,20H,9H2,1H3. The van der Waals surface area contributed by atoms with Crippen LogP contribution in [0.1, 0.15) is 29.7 Å². The first-order valence-electron chi connectivity index (χ1n) is 6.30. The minimum Gasteiger partial charge on any atom is -0.488 e. The van der Waals surface area contributed by atoms with Crippen LogP contribution in [0.5, 0.6) is 5.75 Å². The Kier molecular flexibility index (Phi) is 4.51. The maximum absolute atomic E-state index is 13.6. The van der Waals surface area contributed by atoms with Crippen molar-refractivity contribution in [2.45, 2.75) is 19.6 Å². The van der Waals surface area contributed by atoms with Crippen molar-refractivity contribution >= 4 is 0 Å². The second-order valence-electron chi connectivity index (χ2n) is 4.56. The minimum absolute atomic E-state index is 0.145. The molecule has 2 aromatic carbocycles. The van der Waals surface area contributed by atoms with Crippen LogP contribution in [-0.2, 0) is 6.61 Å². The number of aliphatic hydroxyl groups is 1. The topological polar surface area (TPSA) is 53.2 Å². The van der Waals surface area contributed by atoms with Crippen LogP contribution in [0.3, 0.4) is 0 Å². The molecule has 2 aromatic rings. The van der Waals surface area contributed by atoms with Gasteiger partial charge < -0.3 is 9.84 Å². The predicted octanol–water partition coefficient (Wildman–Crippen LogP) is 3.47. The number of halogens is 2. The molecule has 0 fully saturated rings. The predicted molar refractivity (Wildman–Crippen MR) is 72.5 cm³/mol. The van der Waals surface area contributed by atoms with E-state index in [9.17, 15) is 13.9 Å². The normalized spacial score (nSPS) is 11.8. The molecule has 0 saturated carbocycles. The van der Waals surface area contributed by atoms with Crippen LogP contribution >= 0.6 is 0 Å². The lowest BCUT2D eigenvalue weighted by molar-refractivity contribution is 0.189. The van der Waals surface area contributed by atoms with Gasteiger partial charge in [0.2, 0.25) is 0 Å². The summed E-state index contributed by atoms with van der Waals surface area (Å²) in [6, 6.07) is 9.58. The molecule has 3 nitrogen and oxygen atoms in total. The van der Waals surface area contributed by atoms with Gasteiger partial charge in [-0.05, 0) is 37.3 Å². The zero-order valence-electron chi connectivity index (χ0n) is 11.3. The Hall–Kier alpha value is -2.45. The van der Waals surface area contributed by atoms with Crippen molar-refractivity contribution in [3.8, 4) is 11.8 Å². The van der Waals surface area contributed by atoms with Crippen LogP contribution in [0.15, 0.2) is 36.4 Å². The number of aliphatic hydroxyl groups excluding tert-OH is 1. The molecule has 0 spiro atoms. The summed E-state index contributed by atoms with van der Waals surface area (Å²) in [5.41, 5.74) is 0.910. The Labute approximate surface area is 121 Å². The summed E-state index contributed by atoms with van der Waals surface area (Å²) >= 11 is 0. The molecule has 21 heavy (non-hydrogen) atoms. The van der Waals surface area contributed by atoms with Crippen molar-refractivity contribution in [2.75, 3.05) is 0 Å². The Balaban J connectivity index is 2.24. The van der Waals surface area contributed by atoms with Crippen molar-refractivity contribution in [3.63, 3.8) is 0 Å². The Bertz CT molecular complexity index is 693. The summed E-state index contributed by atoms with van der Waals surface area (Å²) < 4.78 is 32.3. The van der Waals surface area contributed by atoms with Crippen molar-refractivity contribution in [2.24, 2.45) is 0 Å². The van der Waals surface area contributed by atoms with E-state index in [4.69, 9.17) is 10.00 Å². The molecule has 1 atom stereocenters. The number of hydrogen-bond acceptors (Lipinski definition) is 3. The van der Waals surface area contributed by atoms with E-state index in [1.807, 2.05) is 6.07 Å². The molecule has 0 aliphatic heterocycles. The smallest absolute Gasteiger partial charge is 0.129 e. The molecule has 0 saturated heterocycles. The van der Waals surface area contributed by atoms with Gasteiger partial charge in [0.1, 0.15) is 24.0 Å². The second kappa shape index (κ2) is 6.33. The fraction of sp³-hybridized carbons (Fsp3) is 0.188. The molecule has 1 unspecified atom stereocenters. The van der Waals surface area contributed by atoms with Crippen LogP contribution in [0, 0.1) is 23.0 Å². The number of rotatable bonds is 4. The second-order valence-corrected chi connectivity index (χ2v) is 4.56. The monoisotopic (exact) mass is 289 g/mol. The lowest BCUT2D eigenvalue weighted by atomic mass is 10.1. The zero-order chi connectivity index (χ0) is 15.4. The molecule has 0 aliphatic rings. The van der Waals surface area contributed by atoms with Gasteiger partial charge in [-0.2, -0.15) is 5.26 Å². The molecular weight excluding hydrogens is 276 g/mol. The van der Waals surface area contributed by atoms with Gasteiger partial charge in [-0.1, -0.05) is 0 Å². The minimum atomic E-state index is -0.837. The van der Waals surface area contributed by atoms with Gasteiger partial charge in [-0.25, -0.2) is 8.78 Å². The molecule has 0 aromatic heterocycles. The fourth-order valence-corrected chi connectivity index (χ4v) is 1.89. The van der Waals surface area contributed by atoms with Crippen LogP contribution < -0.4 is 4.74 Å². The van der Waals surface area contributed by atoms with E-state index in [1.165, 1.54) is 37.3 Å². The van der Waals surface area contributed by atoms with Crippen LogP contribution in [0.25, 0.3) is 0 Å². The average molecular weight is 289 g/mol. The first-order chi connectivity index (χ1) is 10.0. The molecular formula is C16H13F2NO2. The lowest BCUT2D eigenvalue weighted by Crippen LogP contribution is -2.03. The Morgan fingerprint density at radius 1 is 1.24 bits per heavy atom. The fourth-order valence-electron chi connectivity index (χ4n) is 1.89. The number of ether oxygens (including phenoxy) is 1. The van der Waals surface area contributed by atoms with Gasteiger partial charge >= 0.3 is 0 Å². The van der Waals surface area contributed by atoms with E-state index in [0.29, 0.717) is 11.1 Å². The maximum atomic E-state index is 13.6. The third-order valence-corrected chi connectivity index (χ3v) is 2.98. The Morgan fingerprint density at radius 3 is 2.67 bits per heavy atom. The number of nitriles is 1. The van der Waals surface area contributed by atoms with Gasteiger partial charge in [-0.3, -0.25) is 0 Å². The average Bonchev–Trinajstić information content (AvgIpc) is 2.46. The van der Waals surface area contributed by atoms with Gasteiger partial charge in [0.25, 0.3) is 0 Å². The summed E-state index contributed by atoms with van der Waals surface area (Å²) in [6.07, 6.45) is -0.837. The number of nitrogens with zero attached hydrogens (tertiary/aromatic N) is 1. The van der Waals surface area contributed by atoms with E-state index >= 15 is 0 Å². The summed E-state index contributed by atoms with van der Waals surface area (Å²) in [6.45, 7) is 1.36. The first kappa shape index (κ1) is 14.9. The number of benzene rings is 2. The zero-order valence-corrected chi connectivity index (χ0v) is 11.3. The highest BCUT2D eigenvalue weighted by molar-refractivity contribution is 5.37. The van der Waals surface area contributed by atoms with Crippen molar-refractivity contribution in [1.29, 1.82) is 5.26 Å². The van der Waals surface area contributed by atoms with Gasteiger partial charge in [0.05, 0.1) is 17.7 Å². The lowest BCUT2D eigenvalue weighted by Gasteiger charge is -2.14. The Morgan fingerprint density at radius 2 is 2.00 bits per heavy atom. The van der Waals surface area contributed by atoms with Gasteiger partial charge in [0.15, 0.2) is 0 Å². The third kappa shape index (κ3) is 3.56. The van der Waals surface area contributed by atoms with E-state index in [1.54, 1.807) is 0 Å². The SMILES string of the molecule is CC(O)c1ccc(F)cc1OCc1cc(C#N)ccc1F. The first-order valence-corrected chi connectivity index (χ1v) is 6.30. The quantitative estimate of drug-likeness (QED) is 0.937. The largest absolute Gasteiger partial charge is 0.488 e. The van der Waals surface area contributed by atoms with E-state index in [0.717, 1.165) is 6.07 Å². The van der Waals surface area contributed by atoms with Crippen LogP contribution in [0.4, 0.5) is 8.78 Å². The highest BCUT2D eigenvalue weighted by Gasteiger charge is 2.12. The molecule has 0 heterocycles. The molecule has 0 bridgehead atoms. The molecule has 108 valence electrons. The van der Waals surface area contributed by atoms with Crippen molar-refractivity contribution < 1.29 is 18.6 Å². The van der Waals surface area contributed by atoms with Gasteiger partial charge in [-0.15, -0.1) is 0 Å². The summed E-state index contributed by atoms with van der Waals surface area (Å²) in [4.78, 5) is 0. The highest BCUT2D eigenvalue weighted by atomic mass is 19.1. The molecule has 2 rings (SSSR count).